The number of carboxylic acids is 1. The van der Waals surface area contributed by atoms with Crippen LogP contribution in [0.15, 0.2) is 33.9 Å². The van der Waals surface area contributed by atoms with Crippen molar-refractivity contribution < 1.29 is 28.2 Å². The number of hydrogen-bond donors (Lipinski definition) is 4. The molecule has 0 aliphatic carbocycles. The summed E-state index contributed by atoms with van der Waals surface area (Å²) in [5, 5.41) is 20.7. The first kappa shape index (κ1) is 26.2. The predicted molar refractivity (Wildman–Crippen MR) is 121 cm³/mol. The Balaban J connectivity index is 0.000000429. The first-order valence-corrected chi connectivity index (χ1v) is 10.7. The third-order valence-electron chi connectivity index (χ3n) is 4.96. The van der Waals surface area contributed by atoms with Gasteiger partial charge < -0.3 is 20.4 Å². The van der Waals surface area contributed by atoms with Crippen LogP contribution in [-0.4, -0.2) is 73.7 Å². The molecule has 0 amide bonds. The van der Waals surface area contributed by atoms with E-state index in [-0.39, 0.29) is 17.7 Å². The van der Waals surface area contributed by atoms with E-state index in [1.807, 2.05) is 12.1 Å². The fourth-order valence-corrected chi connectivity index (χ4v) is 3.70. The number of nitrogens with one attached hydrogen (secondary N) is 2. The molecule has 190 valence electrons. The zero-order chi connectivity index (χ0) is 25.9. The van der Waals surface area contributed by atoms with Gasteiger partial charge >= 0.3 is 17.8 Å². The van der Waals surface area contributed by atoms with Gasteiger partial charge in [-0.25, -0.2) is 9.59 Å². The molecule has 3 aromatic rings. The summed E-state index contributed by atoms with van der Waals surface area (Å²) in [6, 6.07) is 7.18. The summed E-state index contributed by atoms with van der Waals surface area (Å²) in [4.78, 5) is 43.1. The predicted octanol–water partition coefficient (Wildman–Crippen LogP) is 0.953. The maximum atomic E-state index is 12.8. The molecule has 0 spiro atoms. The van der Waals surface area contributed by atoms with Crippen molar-refractivity contribution in [2.24, 2.45) is 0 Å². The summed E-state index contributed by atoms with van der Waals surface area (Å²) in [5.74, 6) is -2.22. The van der Waals surface area contributed by atoms with Crippen LogP contribution in [0.25, 0.3) is 16.9 Å². The number of aliphatic hydroxyl groups is 1. The highest BCUT2D eigenvalue weighted by Crippen LogP contribution is 2.29. The molecule has 1 atom stereocenters. The number of aliphatic carboxylic acids is 1. The van der Waals surface area contributed by atoms with E-state index in [4.69, 9.17) is 21.5 Å². The molecule has 1 unspecified atom stereocenters. The third kappa shape index (κ3) is 5.83. The number of nitrogens with zero attached hydrogens (tertiary/aromatic N) is 4. The van der Waals surface area contributed by atoms with Crippen LogP contribution in [0.3, 0.4) is 0 Å². The van der Waals surface area contributed by atoms with E-state index in [0.29, 0.717) is 29.7 Å². The van der Waals surface area contributed by atoms with Gasteiger partial charge in [0.05, 0.1) is 23.4 Å². The van der Waals surface area contributed by atoms with Crippen LogP contribution in [0.1, 0.15) is 6.92 Å². The lowest BCUT2D eigenvalue weighted by molar-refractivity contribution is -0.192. The number of alkyl halides is 3. The van der Waals surface area contributed by atoms with Gasteiger partial charge in [-0.1, -0.05) is 23.7 Å². The minimum atomic E-state index is -5.08. The quantitative estimate of drug-likeness (QED) is 0.399. The van der Waals surface area contributed by atoms with E-state index in [0.717, 1.165) is 13.1 Å². The van der Waals surface area contributed by atoms with Gasteiger partial charge in [0.25, 0.3) is 5.56 Å². The summed E-state index contributed by atoms with van der Waals surface area (Å²) in [6.07, 6.45) is -5.86. The minimum Gasteiger partial charge on any atom is -0.475 e. The van der Waals surface area contributed by atoms with Crippen molar-refractivity contribution in [1.82, 2.24) is 24.4 Å². The molecule has 1 saturated heterocycles. The second-order valence-electron chi connectivity index (χ2n) is 7.63. The van der Waals surface area contributed by atoms with Crippen LogP contribution in [0.2, 0.25) is 5.02 Å². The summed E-state index contributed by atoms with van der Waals surface area (Å²) in [7, 11) is 0. The van der Waals surface area contributed by atoms with Crippen LogP contribution >= 0.6 is 11.6 Å². The number of hydrogen-bond acceptors (Lipinski definition) is 7. The van der Waals surface area contributed by atoms with Crippen molar-refractivity contribution in [1.29, 1.82) is 0 Å². The van der Waals surface area contributed by atoms with E-state index in [1.54, 1.807) is 23.6 Å². The zero-order valence-electron chi connectivity index (χ0n) is 18.3. The van der Waals surface area contributed by atoms with Gasteiger partial charge in [-0.05, 0) is 19.1 Å². The standard InChI is InChI=1S/C18H21ClN6O3.C2HF3O2/c1-11(26)10-24-15-14(16(27)22-18(24)28)25(13-5-3-2-4-12(13)19)17(21-15)23-8-6-20-7-9-23;3-2(4,5)1(6)7/h2-5,11,20,26H,6-10H2,1H3,(H,22,27,28);(H,6,7). The van der Waals surface area contributed by atoms with E-state index in [9.17, 15) is 27.9 Å². The lowest BCUT2D eigenvalue weighted by Gasteiger charge is -2.28. The molecule has 0 radical (unpaired) electrons. The Kier molecular flexibility index (Phi) is 7.87. The Morgan fingerprint density at radius 2 is 1.83 bits per heavy atom. The van der Waals surface area contributed by atoms with Crippen molar-refractivity contribution in [3.05, 3.63) is 50.1 Å². The molecule has 1 aromatic carbocycles. The summed E-state index contributed by atoms with van der Waals surface area (Å²) in [5.41, 5.74) is -0.0948. The number of benzene rings is 1. The third-order valence-corrected chi connectivity index (χ3v) is 5.28. The second-order valence-corrected chi connectivity index (χ2v) is 8.04. The van der Waals surface area contributed by atoms with Crippen molar-refractivity contribution in [3.63, 3.8) is 0 Å². The SMILES string of the molecule is CC(O)Cn1c(=O)[nH]c(=O)c2c1nc(N1CCNCC1)n2-c1ccccc1Cl.O=C(O)C(F)(F)F. The zero-order valence-corrected chi connectivity index (χ0v) is 19.1. The second kappa shape index (κ2) is 10.5. The molecule has 35 heavy (non-hydrogen) atoms. The molecular formula is C20H22ClF3N6O5. The molecule has 3 heterocycles. The van der Waals surface area contributed by atoms with E-state index in [2.05, 4.69) is 20.2 Å². The highest BCUT2D eigenvalue weighted by Gasteiger charge is 2.38. The number of carboxylic acid groups (broad SMARTS) is 1. The maximum absolute atomic E-state index is 12.8. The van der Waals surface area contributed by atoms with E-state index >= 15 is 0 Å². The Hall–Kier alpha value is -3.36. The largest absolute Gasteiger partial charge is 0.490 e. The van der Waals surface area contributed by atoms with Crippen molar-refractivity contribution in [3.8, 4) is 5.69 Å². The molecule has 2 aromatic heterocycles. The van der Waals surface area contributed by atoms with Crippen LogP contribution in [-0.2, 0) is 11.3 Å². The number of H-pyrrole nitrogens is 1. The molecular weight excluding hydrogens is 497 g/mol. The van der Waals surface area contributed by atoms with E-state index < -0.39 is 29.5 Å². The number of fused-ring (bicyclic) bond motifs is 1. The van der Waals surface area contributed by atoms with Crippen LogP contribution < -0.4 is 21.5 Å². The Bertz CT molecular complexity index is 1330. The van der Waals surface area contributed by atoms with Gasteiger partial charge in [0.15, 0.2) is 11.2 Å². The number of halogens is 4. The average molecular weight is 519 g/mol. The van der Waals surface area contributed by atoms with Crippen LogP contribution in [0.4, 0.5) is 19.1 Å². The number of carbonyl (C=O) groups is 1. The lowest BCUT2D eigenvalue weighted by atomic mass is 10.3. The first-order valence-electron chi connectivity index (χ1n) is 10.4. The highest BCUT2D eigenvalue weighted by atomic mass is 35.5. The number of anilines is 1. The number of imidazole rings is 1. The molecule has 4 rings (SSSR count). The number of rotatable bonds is 4. The van der Waals surface area contributed by atoms with Crippen LogP contribution in [0, 0.1) is 0 Å². The molecule has 15 heteroatoms. The molecule has 4 N–H and O–H groups in total. The number of aliphatic hydroxyl groups excluding tert-OH is 1. The van der Waals surface area contributed by atoms with Crippen LogP contribution in [0.5, 0.6) is 0 Å². The van der Waals surface area contributed by atoms with E-state index in [1.165, 1.54) is 4.57 Å². The molecule has 11 nitrogen and oxygen atoms in total. The summed E-state index contributed by atoms with van der Waals surface area (Å²) >= 11 is 6.43. The topological polar surface area (TPSA) is 145 Å². The van der Waals surface area contributed by atoms with Gasteiger partial charge in [-0.3, -0.25) is 18.9 Å². The van der Waals surface area contributed by atoms with Crippen molar-refractivity contribution in [2.75, 3.05) is 31.1 Å². The number of aromatic nitrogens is 4. The highest BCUT2D eigenvalue weighted by molar-refractivity contribution is 6.32. The molecule has 0 bridgehead atoms. The summed E-state index contributed by atoms with van der Waals surface area (Å²) in [6.45, 7) is 4.56. The maximum Gasteiger partial charge on any atom is 0.490 e. The molecule has 1 fully saturated rings. The van der Waals surface area contributed by atoms with Gasteiger partial charge in [-0.15, -0.1) is 0 Å². The monoisotopic (exact) mass is 518 g/mol. The lowest BCUT2D eigenvalue weighted by Crippen LogP contribution is -2.44. The first-order chi connectivity index (χ1) is 16.4. The normalized spacial score (nSPS) is 15.0. The average Bonchev–Trinajstić information content (AvgIpc) is 3.18. The summed E-state index contributed by atoms with van der Waals surface area (Å²) < 4.78 is 34.7. The molecule has 1 aliphatic heterocycles. The number of para-hydroxylation sites is 1. The molecule has 1 aliphatic rings. The van der Waals surface area contributed by atoms with Crippen molar-refractivity contribution in [2.45, 2.75) is 25.7 Å². The Morgan fingerprint density at radius 1 is 1.23 bits per heavy atom. The van der Waals surface area contributed by atoms with Crippen molar-refractivity contribution >= 4 is 34.7 Å². The van der Waals surface area contributed by atoms with Gasteiger partial charge in [0.2, 0.25) is 5.95 Å². The van der Waals surface area contributed by atoms with Gasteiger partial charge in [0.1, 0.15) is 0 Å². The number of piperazine rings is 1. The fraction of sp³-hybridized carbons (Fsp3) is 0.400. The Morgan fingerprint density at radius 3 is 2.37 bits per heavy atom. The minimum absolute atomic E-state index is 0.0205. The smallest absolute Gasteiger partial charge is 0.475 e. The number of aromatic amines is 1. The molecule has 0 saturated carbocycles. The fourth-order valence-electron chi connectivity index (χ4n) is 3.48. The van der Waals surface area contributed by atoms with Gasteiger partial charge in [0, 0.05) is 26.2 Å². The Labute approximate surface area is 200 Å². The van der Waals surface area contributed by atoms with Gasteiger partial charge in [-0.2, -0.15) is 18.2 Å².